The molecule has 112 valence electrons. The number of benzene rings is 2. The Bertz CT molecular complexity index is 760. The predicted molar refractivity (Wildman–Crippen MR) is 86.0 cm³/mol. The number of anilines is 1. The van der Waals surface area contributed by atoms with Crippen LogP contribution in [0.2, 0.25) is 0 Å². The van der Waals surface area contributed by atoms with Crippen LogP contribution in [0.15, 0.2) is 41.4 Å². The molecule has 0 fully saturated rings. The van der Waals surface area contributed by atoms with Crippen molar-refractivity contribution >= 4 is 11.6 Å². The van der Waals surface area contributed by atoms with Crippen molar-refractivity contribution in [2.75, 3.05) is 5.32 Å². The minimum absolute atomic E-state index is 0.0744. The fourth-order valence-corrected chi connectivity index (χ4v) is 1.94. The maximum absolute atomic E-state index is 13.6. The summed E-state index contributed by atoms with van der Waals surface area (Å²) in [6.45, 7) is 4.11. The minimum atomic E-state index is -0.401. The van der Waals surface area contributed by atoms with E-state index in [0.29, 0.717) is 11.1 Å². The Kier molecular flexibility index (Phi) is 4.74. The van der Waals surface area contributed by atoms with Gasteiger partial charge >= 0.3 is 0 Å². The molecular weight excluding hydrogens is 279 g/mol. The third-order valence-electron chi connectivity index (χ3n) is 3.37. The highest BCUT2D eigenvalue weighted by molar-refractivity contribution is 5.92. The largest absolute Gasteiger partial charge is 0.370 e. The summed E-state index contributed by atoms with van der Waals surface area (Å²) < 4.78 is 13.6. The number of aryl methyl sites for hydroxylation is 2. The van der Waals surface area contributed by atoms with Gasteiger partial charge in [-0.15, -0.1) is 0 Å². The first-order valence-electron chi connectivity index (χ1n) is 6.82. The van der Waals surface area contributed by atoms with Crippen LogP contribution >= 0.6 is 0 Å². The normalized spacial score (nSPS) is 11.1. The molecule has 4 nitrogen and oxygen atoms in total. The number of aliphatic imine (C=N–C) groups is 1. The fraction of sp³-hybridized carbons (Fsp3) is 0.176. The van der Waals surface area contributed by atoms with Gasteiger partial charge in [0, 0.05) is 11.3 Å². The van der Waals surface area contributed by atoms with Crippen molar-refractivity contribution in [1.82, 2.24) is 0 Å². The summed E-state index contributed by atoms with van der Waals surface area (Å²) in [6, 6.07) is 12.0. The zero-order chi connectivity index (χ0) is 16.1. The van der Waals surface area contributed by atoms with Crippen molar-refractivity contribution < 1.29 is 4.39 Å². The van der Waals surface area contributed by atoms with Crippen LogP contribution in [0.1, 0.15) is 22.3 Å². The molecule has 0 bridgehead atoms. The summed E-state index contributed by atoms with van der Waals surface area (Å²) in [4.78, 5) is 4.11. The van der Waals surface area contributed by atoms with Gasteiger partial charge < -0.3 is 11.1 Å². The molecule has 0 saturated carbocycles. The highest BCUT2D eigenvalue weighted by atomic mass is 19.1. The summed E-state index contributed by atoms with van der Waals surface area (Å²) in [5, 5.41) is 11.8. The first-order chi connectivity index (χ1) is 10.5. The molecule has 22 heavy (non-hydrogen) atoms. The molecule has 0 aromatic heterocycles. The molecule has 0 unspecified atom stereocenters. The quantitative estimate of drug-likeness (QED) is 0.674. The second-order valence-corrected chi connectivity index (χ2v) is 5.04. The van der Waals surface area contributed by atoms with E-state index in [1.54, 1.807) is 0 Å². The van der Waals surface area contributed by atoms with Gasteiger partial charge in [-0.1, -0.05) is 6.07 Å². The minimum Gasteiger partial charge on any atom is -0.370 e. The van der Waals surface area contributed by atoms with Crippen LogP contribution in [-0.4, -0.2) is 5.96 Å². The average molecular weight is 296 g/mol. The van der Waals surface area contributed by atoms with E-state index < -0.39 is 5.82 Å². The molecule has 0 saturated heterocycles. The van der Waals surface area contributed by atoms with Gasteiger partial charge in [0.25, 0.3) is 0 Å². The smallest absolute Gasteiger partial charge is 0.193 e. The van der Waals surface area contributed by atoms with E-state index in [-0.39, 0.29) is 12.5 Å². The van der Waals surface area contributed by atoms with E-state index in [1.807, 2.05) is 38.1 Å². The SMILES string of the molecule is Cc1ccc(NC(N)=NCc2cc(C#N)ccc2F)cc1C. The Morgan fingerprint density at radius 3 is 2.68 bits per heavy atom. The van der Waals surface area contributed by atoms with Gasteiger partial charge in [-0.3, -0.25) is 0 Å². The number of rotatable bonds is 3. The van der Waals surface area contributed by atoms with Gasteiger partial charge in [0.15, 0.2) is 5.96 Å². The molecule has 0 heterocycles. The second-order valence-electron chi connectivity index (χ2n) is 5.04. The van der Waals surface area contributed by atoms with Gasteiger partial charge in [-0.05, 0) is 55.3 Å². The van der Waals surface area contributed by atoms with Crippen LogP contribution in [0, 0.1) is 31.0 Å². The number of hydrogen-bond donors (Lipinski definition) is 2. The fourth-order valence-electron chi connectivity index (χ4n) is 1.94. The number of guanidine groups is 1. The second kappa shape index (κ2) is 6.72. The standard InChI is InChI=1S/C17H17FN4/c1-11-3-5-15(7-12(11)2)22-17(20)21-10-14-8-13(9-19)4-6-16(14)18/h3-8H,10H2,1-2H3,(H3,20,21,22). The molecule has 2 aromatic carbocycles. The van der Waals surface area contributed by atoms with Crippen LogP contribution in [-0.2, 0) is 6.54 Å². The molecule has 0 aliphatic carbocycles. The van der Waals surface area contributed by atoms with Gasteiger partial charge in [-0.25, -0.2) is 9.38 Å². The van der Waals surface area contributed by atoms with E-state index in [4.69, 9.17) is 11.0 Å². The summed E-state index contributed by atoms with van der Waals surface area (Å²) in [7, 11) is 0. The first kappa shape index (κ1) is 15.5. The van der Waals surface area contributed by atoms with Crippen molar-refractivity contribution in [3.05, 3.63) is 64.5 Å². The van der Waals surface area contributed by atoms with Gasteiger partial charge in [0.2, 0.25) is 0 Å². The highest BCUT2D eigenvalue weighted by Crippen LogP contribution is 2.14. The van der Waals surface area contributed by atoms with Crippen LogP contribution in [0.3, 0.4) is 0 Å². The van der Waals surface area contributed by atoms with Crippen LogP contribution in [0.5, 0.6) is 0 Å². The van der Waals surface area contributed by atoms with E-state index in [9.17, 15) is 4.39 Å². The van der Waals surface area contributed by atoms with E-state index in [2.05, 4.69) is 10.3 Å². The number of hydrogen-bond acceptors (Lipinski definition) is 2. The monoisotopic (exact) mass is 296 g/mol. The molecule has 5 heteroatoms. The van der Waals surface area contributed by atoms with Crippen molar-refractivity contribution in [3.8, 4) is 6.07 Å². The van der Waals surface area contributed by atoms with E-state index >= 15 is 0 Å². The molecule has 2 rings (SSSR count). The molecular formula is C17H17FN4. The average Bonchev–Trinajstić information content (AvgIpc) is 2.50. The third kappa shape index (κ3) is 3.83. The van der Waals surface area contributed by atoms with E-state index in [0.717, 1.165) is 11.3 Å². The van der Waals surface area contributed by atoms with Crippen molar-refractivity contribution in [1.29, 1.82) is 5.26 Å². The number of nitrogens with zero attached hydrogens (tertiary/aromatic N) is 2. The Morgan fingerprint density at radius 2 is 2.00 bits per heavy atom. The van der Waals surface area contributed by atoms with Crippen molar-refractivity contribution in [2.24, 2.45) is 10.7 Å². The maximum Gasteiger partial charge on any atom is 0.193 e. The maximum atomic E-state index is 13.6. The van der Waals surface area contributed by atoms with Crippen molar-refractivity contribution in [2.45, 2.75) is 20.4 Å². The Labute approximate surface area is 129 Å². The lowest BCUT2D eigenvalue weighted by Crippen LogP contribution is -2.22. The number of nitrogens with one attached hydrogen (secondary N) is 1. The molecule has 0 atom stereocenters. The number of halogens is 1. The van der Waals surface area contributed by atoms with Crippen LogP contribution in [0.25, 0.3) is 0 Å². The number of nitrogens with two attached hydrogens (primary N) is 1. The Hall–Kier alpha value is -2.87. The van der Waals surface area contributed by atoms with Gasteiger partial charge in [-0.2, -0.15) is 5.26 Å². The zero-order valence-corrected chi connectivity index (χ0v) is 12.5. The lowest BCUT2D eigenvalue weighted by molar-refractivity contribution is 0.610. The van der Waals surface area contributed by atoms with Gasteiger partial charge in [0.05, 0.1) is 18.2 Å². The Morgan fingerprint density at radius 1 is 1.23 bits per heavy atom. The summed E-state index contributed by atoms with van der Waals surface area (Å²) >= 11 is 0. The lowest BCUT2D eigenvalue weighted by Gasteiger charge is -2.08. The summed E-state index contributed by atoms with van der Waals surface area (Å²) in [5.41, 5.74) is 9.71. The van der Waals surface area contributed by atoms with E-state index in [1.165, 1.54) is 23.8 Å². The first-order valence-corrected chi connectivity index (χ1v) is 6.82. The Balaban J connectivity index is 2.10. The zero-order valence-electron chi connectivity index (χ0n) is 12.5. The molecule has 0 amide bonds. The van der Waals surface area contributed by atoms with Crippen LogP contribution < -0.4 is 11.1 Å². The molecule has 0 aliphatic rings. The molecule has 0 spiro atoms. The number of nitriles is 1. The third-order valence-corrected chi connectivity index (χ3v) is 3.37. The predicted octanol–water partition coefficient (Wildman–Crippen LogP) is 3.24. The molecule has 3 N–H and O–H groups in total. The van der Waals surface area contributed by atoms with Gasteiger partial charge in [0.1, 0.15) is 5.82 Å². The van der Waals surface area contributed by atoms with Crippen molar-refractivity contribution in [3.63, 3.8) is 0 Å². The molecule has 0 aliphatic heterocycles. The summed E-state index contributed by atoms with van der Waals surface area (Å²) in [6.07, 6.45) is 0. The van der Waals surface area contributed by atoms with Crippen LogP contribution in [0.4, 0.5) is 10.1 Å². The lowest BCUT2D eigenvalue weighted by atomic mass is 10.1. The topological polar surface area (TPSA) is 74.2 Å². The molecule has 0 radical (unpaired) electrons. The molecule has 2 aromatic rings. The highest BCUT2D eigenvalue weighted by Gasteiger charge is 2.04. The summed E-state index contributed by atoms with van der Waals surface area (Å²) in [5.74, 6) is -0.202.